The molecule has 1 heterocycles. The molecular weight excluding hydrogens is 294 g/mol. The van der Waals surface area contributed by atoms with E-state index in [1.807, 2.05) is 54.6 Å². The summed E-state index contributed by atoms with van der Waals surface area (Å²) in [4.78, 5) is 15.4. The van der Waals surface area contributed by atoms with Crippen LogP contribution in [0.3, 0.4) is 0 Å². The van der Waals surface area contributed by atoms with E-state index >= 15 is 0 Å². The molecule has 0 saturated carbocycles. The Morgan fingerprint density at radius 2 is 1.55 bits per heavy atom. The van der Waals surface area contributed by atoms with Crippen molar-refractivity contribution in [1.29, 1.82) is 0 Å². The Bertz CT molecular complexity index is 618. The molecule has 3 heteroatoms. The lowest BCUT2D eigenvalue weighted by molar-refractivity contribution is 0.0783. The Labute approximate surface area is 136 Å². The van der Waals surface area contributed by atoms with Crippen molar-refractivity contribution >= 4 is 17.4 Å². The Kier molecular flexibility index (Phi) is 4.91. The number of carbonyl (C=O) groups is 1. The van der Waals surface area contributed by atoms with Gasteiger partial charge >= 0.3 is 0 Å². The minimum Gasteiger partial charge on any atom is -0.292 e. The van der Waals surface area contributed by atoms with E-state index in [1.54, 1.807) is 0 Å². The van der Waals surface area contributed by atoms with Crippen LogP contribution in [-0.4, -0.2) is 23.8 Å². The highest BCUT2D eigenvalue weighted by Gasteiger charge is 2.29. The van der Waals surface area contributed by atoms with E-state index in [4.69, 9.17) is 11.6 Å². The highest BCUT2D eigenvalue weighted by atomic mass is 35.5. The number of hydrogen-bond donors (Lipinski definition) is 0. The van der Waals surface area contributed by atoms with Crippen molar-refractivity contribution in [1.82, 2.24) is 4.90 Å². The van der Waals surface area contributed by atoms with Gasteiger partial charge < -0.3 is 0 Å². The third kappa shape index (κ3) is 3.40. The van der Waals surface area contributed by atoms with Gasteiger partial charge in [-0.3, -0.25) is 9.69 Å². The number of halogens is 1. The van der Waals surface area contributed by atoms with E-state index in [-0.39, 0.29) is 11.8 Å². The molecule has 0 spiro atoms. The Balaban J connectivity index is 1.95. The Morgan fingerprint density at radius 1 is 0.909 bits per heavy atom. The zero-order valence-electron chi connectivity index (χ0n) is 12.5. The standard InChI is InChI=1S/C19H20ClNO/c20-17-11-9-15(10-12-17)18(21-13-5-2-6-14-21)19(22)16-7-3-1-4-8-16/h1,3-4,7-12,18H,2,5-6,13-14H2/t18-/m0/s1. The molecule has 2 aromatic rings. The highest BCUT2D eigenvalue weighted by Crippen LogP contribution is 2.29. The lowest BCUT2D eigenvalue weighted by atomic mass is 9.94. The molecule has 2 nitrogen and oxygen atoms in total. The maximum Gasteiger partial charge on any atom is 0.184 e. The Hall–Kier alpha value is -1.64. The number of rotatable bonds is 4. The molecule has 0 bridgehead atoms. The number of hydrogen-bond acceptors (Lipinski definition) is 2. The maximum atomic E-state index is 13.1. The van der Waals surface area contributed by atoms with Crippen LogP contribution in [0.5, 0.6) is 0 Å². The zero-order valence-corrected chi connectivity index (χ0v) is 13.3. The number of nitrogens with zero attached hydrogens (tertiary/aromatic N) is 1. The molecule has 22 heavy (non-hydrogen) atoms. The quantitative estimate of drug-likeness (QED) is 0.759. The van der Waals surface area contributed by atoms with Crippen molar-refractivity contribution in [3.8, 4) is 0 Å². The molecule has 0 amide bonds. The van der Waals surface area contributed by atoms with Gasteiger partial charge in [-0.15, -0.1) is 0 Å². The van der Waals surface area contributed by atoms with Gasteiger partial charge in [-0.2, -0.15) is 0 Å². The smallest absolute Gasteiger partial charge is 0.184 e. The van der Waals surface area contributed by atoms with Crippen molar-refractivity contribution in [3.63, 3.8) is 0 Å². The van der Waals surface area contributed by atoms with Crippen molar-refractivity contribution < 1.29 is 4.79 Å². The van der Waals surface area contributed by atoms with E-state index in [2.05, 4.69) is 4.90 Å². The van der Waals surface area contributed by atoms with Crippen LogP contribution in [0.15, 0.2) is 54.6 Å². The summed E-state index contributed by atoms with van der Waals surface area (Å²) in [6.45, 7) is 1.96. The van der Waals surface area contributed by atoms with Gasteiger partial charge in [0.1, 0.15) is 0 Å². The van der Waals surface area contributed by atoms with Crippen molar-refractivity contribution in [2.75, 3.05) is 13.1 Å². The second kappa shape index (κ2) is 7.08. The van der Waals surface area contributed by atoms with Gasteiger partial charge in [-0.05, 0) is 43.6 Å². The number of carbonyl (C=O) groups excluding carboxylic acids is 1. The number of likely N-dealkylation sites (tertiary alicyclic amines) is 1. The van der Waals surface area contributed by atoms with Crippen LogP contribution in [0.2, 0.25) is 5.02 Å². The summed E-state index contributed by atoms with van der Waals surface area (Å²) in [7, 11) is 0. The minimum atomic E-state index is -0.208. The van der Waals surface area contributed by atoms with Gasteiger partial charge in [0.15, 0.2) is 5.78 Å². The van der Waals surface area contributed by atoms with Crippen LogP contribution in [0.1, 0.15) is 41.2 Å². The number of Topliss-reactive ketones (excluding diaryl/α,β-unsaturated/α-hetero) is 1. The van der Waals surface area contributed by atoms with Gasteiger partial charge in [0.25, 0.3) is 0 Å². The molecule has 0 aliphatic carbocycles. The zero-order chi connectivity index (χ0) is 15.4. The number of benzene rings is 2. The topological polar surface area (TPSA) is 20.3 Å². The van der Waals surface area contributed by atoms with Crippen LogP contribution in [0.4, 0.5) is 0 Å². The molecule has 0 unspecified atom stereocenters. The predicted molar refractivity (Wildman–Crippen MR) is 90.4 cm³/mol. The summed E-state index contributed by atoms with van der Waals surface area (Å²) in [5, 5.41) is 0.702. The molecule has 1 aliphatic heterocycles. The van der Waals surface area contributed by atoms with Crippen LogP contribution in [0, 0.1) is 0 Å². The van der Waals surface area contributed by atoms with Crippen LogP contribution in [-0.2, 0) is 0 Å². The largest absolute Gasteiger partial charge is 0.292 e. The first-order valence-corrected chi connectivity index (χ1v) is 8.22. The molecule has 114 valence electrons. The predicted octanol–water partition coefficient (Wildman–Crippen LogP) is 4.75. The molecule has 2 aromatic carbocycles. The highest BCUT2D eigenvalue weighted by molar-refractivity contribution is 6.30. The average Bonchev–Trinajstić information content (AvgIpc) is 2.58. The molecule has 3 rings (SSSR count). The summed E-state index contributed by atoms with van der Waals surface area (Å²) < 4.78 is 0. The average molecular weight is 314 g/mol. The molecule has 0 radical (unpaired) electrons. The van der Waals surface area contributed by atoms with E-state index in [0.29, 0.717) is 5.02 Å². The molecule has 1 atom stereocenters. The molecule has 1 aliphatic rings. The monoisotopic (exact) mass is 313 g/mol. The number of piperidine rings is 1. The first kappa shape index (κ1) is 15.3. The van der Waals surface area contributed by atoms with E-state index in [9.17, 15) is 4.79 Å². The summed E-state index contributed by atoms with van der Waals surface area (Å²) >= 11 is 6.00. The number of ketones is 1. The molecule has 1 saturated heterocycles. The summed E-state index contributed by atoms with van der Waals surface area (Å²) in [5.74, 6) is 0.171. The normalized spacial score (nSPS) is 17.1. The fraction of sp³-hybridized carbons (Fsp3) is 0.316. The fourth-order valence-electron chi connectivity index (χ4n) is 3.11. The van der Waals surface area contributed by atoms with Gasteiger partial charge in [-0.1, -0.05) is 60.5 Å². The third-order valence-corrected chi connectivity index (χ3v) is 4.50. The SMILES string of the molecule is O=C(c1ccccc1)[C@H](c1ccc(Cl)cc1)N1CCCCC1. The van der Waals surface area contributed by atoms with E-state index < -0.39 is 0 Å². The Morgan fingerprint density at radius 3 is 2.18 bits per heavy atom. The fourth-order valence-corrected chi connectivity index (χ4v) is 3.24. The van der Waals surface area contributed by atoms with Crippen LogP contribution in [0.25, 0.3) is 0 Å². The van der Waals surface area contributed by atoms with Crippen LogP contribution >= 0.6 is 11.6 Å². The van der Waals surface area contributed by atoms with E-state index in [1.165, 1.54) is 6.42 Å². The minimum absolute atomic E-state index is 0.171. The summed E-state index contributed by atoms with van der Waals surface area (Å²) in [6, 6.07) is 17.0. The molecule has 0 N–H and O–H groups in total. The lowest BCUT2D eigenvalue weighted by Gasteiger charge is -2.34. The van der Waals surface area contributed by atoms with Gasteiger partial charge in [0, 0.05) is 10.6 Å². The van der Waals surface area contributed by atoms with Crippen molar-refractivity contribution in [2.24, 2.45) is 0 Å². The third-order valence-electron chi connectivity index (χ3n) is 4.25. The van der Waals surface area contributed by atoms with Gasteiger partial charge in [0.05, 0.1) is 6.04 Å². The van der Waals surface area contributed by atoms with E-state index in [0.717, 1.165) is 37.1 Å². The first-order chi connectivity index (χ1) is 10.8. The van der Waals surface area contributed by atoms with Gasteiger partial charge in [0.2, 0.25) is 0 Å². The lowest BCUT2D eigenvalue weighted by Crippen LogP contribution is -2.38. The van der Waals surface area contributed by atoms with Crippen LogP contribution < -0.4 is 0 Å². The van der Waals surface area contributed by atoms with Crippen molar-refractivity contribution in [2.45, 2.75) is 25.3 Å². The van der Waals surface area contributed by atoms with Gasteiger partial charge in [-0.25, -0.2) is 0 Å². The maximum absolute atomic E-state index is 13.1. The molecular formula is C19H20ClNO. The van der Waals surface area contributed by atoms with Crippen molar-refractivity contribution in [3.05, 3.63) is 70.7 Å². The summed E-state index contributed by atoms with van der Waals surface area (Å²) in [6.07, 6.45) is 3.57. The molecule has 1 fully saturated rings. The first-order valence-electron chi connectivity index (χ1n) is 7.84. The second-order valence-corrected chi connectivity index (χ2v) is 6.22. The second-order valence-electron chi connectivity index (χ2n) is 5.78. The molecule has 0 aromatic heterocycles. The summed E-state index contributed by atoms with van der Waals surface area (Å²) in [5.41, 5.74) is 1.80.